The summed E-state index contributed by atoms with van der Waals surface area (Å²) in [6, 6.07) is 9.59. The van der Waals surface area contributed by atoms with Crippen molar-refractivity contribution in [1.29, 1.82) is 0 Å². The van der Waals surface area contributed by atoms with Gasteiger partial charge < -0.3 is 14.6 Å². The second-order valence-electron chi connectivity index (χ2n) is 4.31. The quantitative estimate of drug-likeness (QED) is 0.731. The molecule has 0 aliphatic carbocycles. The highest BCUT2D eigenvalue weighted by Crippen LogP contribution is 2.25. The van der Waals surface area contributed by atoms with Crippen molar-refractivity contribution >= 4 is 11.0 Å². The fraction of sp³-hybridized carbons (Fsp3) is 0.231. The molecule has 0 bridgehead atoms. The number of nitrogens with zero attached hydrogens (tertiary/aromatic N) is 3. The van der Waals surface area contributed by atoms with Crippen molar-refractivity contribution in [2.24, 2.45) is 0 Å². The zero-order valence-electron chi connectivity index (χ0n) is 10.1. The summed E-state index contributed by atoms with van der Waals surface area (Å²) in [6.07, 6.45) is 0.835. The molecule has 0 amide bonds. The van der Waals surface area contributed by atoms with Crippen molar-refractivity contribution in [3.05, 3.63) is 36.5 Å². The SMILES string of the molecule is OC[C@H](O)Cn1cc(-c2cc3ccccc3o2)nn1. The Balaban J connectivity index is 1.89. The predicted octanol–water partition coefficient (Wildman–Crippen LogP) is 1.04. The molecular formula is C13H13N3O3. The minimum absolute atomic E-state index is 0.198. The van der Waals surface area contributed by atoms with Gasteiger partial charge in [0.05, 0.1) is 25.5 Å². The predicted molar refractivity (Wildman–Crippen MR) is 68.3 cm³/mol. The van der Waals surface area contributed by atoms with Gasteiger partial charge in [-0.3, -0.25) is 0 Å². The molecule has 2 N–H and O–H groups in total. The van der Waals surface area contributed by atoms with Crippen LogP contribution in [0.4, 0.5) is 0 Å². The van der Waals surface area contributed by atoms with Crippen molar-refractivity contribution in [2.75, 3.05) is 6.61 Å². The maximum atomic E-state index is 9.34. The Morgan fingerprint density at radius 1 is 1.32 bits per heavy atom. The van der Waals surface area contributed by atoms with Gasteiger partial charge in [0, 0.05) is 5.39 Å². The Morgan fingerprint density at radius 2 is 2.16 bits per heavy atom. The van der Waals surface area contributed by atoms with E-state index >= 15 is 0 Å². The number of rotatable bonds is 4. The van der Waals surface area contributed by atoms with Crippen LogP contribution in [0.15, 0.2) is 40.9 Å². The molecule has 6 heteroatoms. The second kappa shape index (κ2) is 4.83. The van der Waals surface area contributed by atoms with Crippen molar-refractivity contribution in [3.63, 3.8) is 0 Å². The lowest BCUT2D eigenvalue weighted by Gasteiger charge is -2.04. The Kier molecular flexibility index (Phi) is 3.02. The van der Waals surface area contributed by atoms with Gasteiger partial charge in [0.2, 0.25) is 0 Å². The molecule has 1 atom stereocenters. The van der Waals surface area contributed by atoms with E-state index in [9.17, 15) is 5.11 Å². The molecule has 6 nitrogen and oxygen atoms in total. The molecule has 0 aliphatic rings. The van der Waals surface area contributed by atoms with Gasteiger partial charge in [-0.25, -0.2) is 4.68 Å². The van der Waals surface area contributed by atoms with E-state index in [0.29, 0.717) is 11.5 Å². The highest BCUT2D eigenvalue weighted by atomic mass is 16.3. The first kappa shape index (κ1) is 11.9. The topological polar surface area (TPSA) is 84.3 Å². The molecule has 0 unspecified atom stereocenters. The lowest BCUT2D eigenvalue weighted by Crippen LogP contribution is -2.20. The van der Waals surface area contributed by atoms with Crippen molar-refractivity contribution < 1.29 is 14.6 Å². The zero-order valence-corrected chi connectivity index (χ0v) is 10.1. The Hall–Kier alpha value is -2.18. The highest BCUT2D eigenvalue weighted by Gasteiger charge is 2.11. The summed E-state index contributed by atoms with van der Waals surface area (Å²) in [5.74, 6) is 0.630. The lowest BCUT2D eigenvalue weighted by atomic mass is 10.2. The fourth-order valence-corrected chi connectivity index (χ4v) is 1.88. The van der Waals surface area contributed by atoms with Gasteiger partial charge in [-0.15, -0.1) is 5.10 Å². The number of benzene rings is 1. The monoisotopic (exact) mass is 259 g/mol. The number of para-hydroxylation sites is 1. The largest absolute Gasteiger partial charge is 0.454 e. The third-order valence-corrected chi connectivity index (χ3v) is 2.83. The van der Waals surface area contributed by atoms with Crippen LogP contribution in [-0.2, 0) is 6.54 Å². The molecule has 0 saturated carbocycles. The van der Waals surface area contributed by atoms with Crippen LogP contribution < -0.4 is 0 Å². The molecule has 0 spiro atoms. The molecule has 1 aromatic carbocycles. The summed E-state index contributed by atoms with van der Waals surface area (Å²) < 4.78 is 7.15. The van der Waals surface area contributed by atoms with Gasteiger partial charge in [0.1, 0.15) is 11.3 Å². The molecule has 0 saturated heterocycles. The summed E-state index contributed by atoms with van der Waals surface area (Å²) in [7, 11) is 0. The number of aliphatic hydroxyl groups is 2. The van der Waals surface area contributed by atoms with Crippen LogP contribution >= 0.6 is 0 Å². The number of aliphatic hydroxyl groups excluding tert-OH is 2. The van der Waals surface area contributed by atoms with Gasteiger partial charge in [0.15, 0.2) is 5.76 Å². The average molecular weight is 259 g/mol. The molecule has 0 fully saturated rings. The molecule has 2 heterocycles. The first-order valence-corrected chi connectivity index (χ1v) is 5.94. The number of hydrogen-bond donors (Lipinski definition) is 2. The molecule has 98 valence electrons. The van der Waals surface area contributed by atoms with E-state index in [-0.39, 0.29) is 13.2 Å². The minimum atomic E-state index is -0.842. The third kappa shape index (κ3) is 2.35. The molecule has 0 aliphatic heterocycles. The zero-order chi connectivity index (χ0) is 13.2. The summed E-state index contributed by atoms with van der Waals surface area (Å²) in [5, 5.41) is 27.0. The van der Waals surface area contributed by atoms with Gasteiger partial charge in [-0.2, -0.15) is 0 Å². The first-order chi connectivity index (χ1) is 9.26. The highest BCUT2D eigenvalue weighted by molar-refractivity contribution is 5.81. The molecular weight excluding hydrogens is 246 g/mol. The number of hydrogen-bond acceptors (Lipinski definition) is 5. The van der Waals surface area contributed by atoms with Crippen LogP contribution in [0.5, 0.6) is 0 Å². The Bertz CT molecular complexity index is 656. The fourth-order valence-electron chi connectivity index (χ4n) is 1.88. The van der Waals surface area contributed by atoms with Crippen LogP contribution in [0.25, 0.3) is 22.4 Å². The summed E-state index contributed by atoms with van der Waals surface area (Å²) in [5.41, 5.74) is 1.39. The summed E-state index contributed by atoms with van der Waals surface area (Å²) in [4.78, 5) is 0. The van der Waals surface area contributed by atoms with Gasteiger partial charge >= 0.3 is 0 Å². The van der Waals surface area contributed by atoms with Gasteiger partial charge in [-0.1, -0.05) is 23.4 Å². The summed E-state index contributed by atoms with van der Waals surface area (Å²) >= 11 is 0. The van der Waals surface area contributed by atoms with E-state index in [1.807, 2.05) is 30.3 Å². The van der Waals surface area contributed by atoms with Gasteiger partial charge in [-0.05, 0) is 12.1 Å². The van der Waals surface area contributed by atoms with E-state index < -0.39 is 6.10 Å². The number of furan rings is 1. The molecule has 3 aromatic rings. The average Bonchev–Trinajstić information content (AvgIpc) is 3.04. The molecule has 19 heavy (non-hydrogen) atoms. The van der Waals surface area contributed by atoms with Crippen molar-refractivity contribution in [2.45, 2.75) is 12.6 Å². The maximum Gasteiger partial charge on any atom is 0.157 e. The normalized spacial score (nSPS) is 12.9. The third-order valence-electron chi connectivity index (χ3n) is 2.83. The van der Waals surface area contributed by atoms with E-state index in [1.54, 1.807) is 6.20 Å². The standard InChI is InChI=1S/C13H13N3O3/c17-8-10(18)6-16-7-11(14-15-16)13-5-9-3-1-2-4-12(9)19-13/h1-5,7,10,17-18H,6,8H2/t10-/m1/s1. The van der Waals surface area contributed by atoms with Crippen LogP contribution in [0.3, 0.4) is 0 Å². The smallest absolute Gasteiger partial charge is 0.157 e. The lowest BCUT2D eigenvalue weighted by molar-refractivity contribution is 0.0778. The Morgan fingerprint density at radius 3 is 2.95 bits per heavy atom. The second-order valence-corrected chi connectivity index (χ2v) is 4.31. The Labute approximate surface area is 108 Å². The first-order valence-electron chi connectivity index (χ1n) is 5.94. The molecule has 0 radical (unpaired) electrons. The van der Waals surface area contributed by atoms with E-state index in [2.05, 4.69) is 10.3 Å². The van der Waals surface area contributed by atoms with E-state index in [4.69, 9.17) is 9.52 Å². The number of aromatic nitrogens is 3. The minimum Gasteiger partial charge on any atom is -0.454 e. The number of fused-ring (bicyclic) bond motifs is 1. The van der Waals surface area contributed by atoms with Crippen LogP contribution in [-0.4, -0.2) is 37.9 Å². The van der Waals surface area contributed by atoms with Crippen LogP contribution in [0, 0.1) is 0 Å². The molecule has 2 aromatic heterocycles. The maximum absolute atomic E-state index is 9.34. The van der Waals surface area contributed by atoms with E-state index in [0.717, 1.165) is 11.0 Å². The van der Waals surface area contributed by atoms with Crippen molar-refractivity contribution in [3.8, 4) is 11.5 Å². The van der Waals surface area contributed by atoms with Crippen LogP contribution in [0.1, 0.15) is 0 Å². The molecule has 3 rings (SSSR count). The van der Waals surface area contributed by atoms with E-state index in [1.165, 1.54) is 4.68 Å². The van der Waals surface area contributed by atoms with Crippen LogP contribution in [0.2, 0.25) is 0 Å². The van der Waals surface area contributed by atoms with Crippen molar-refractivity contribution in [1.82, 2.24) is 15.0 Å². The van der Waals surface area contributed by atoms with Gasteiger partial charge in [0.25, 0.3) is 0 Å². The summed E-state index contributed by atoms with van der Waals surface area (Å²) in [6.45, 7) is -0.108.